The maximum absolute atomic E-state index is 6.01. The minimum absolute atomic E-state index is 0.479. The molecule has 0 saturated carbocycles. The molecule has 0 radical (unpaired) electrons. The molecule has 0 aromatic heterocycles. The highest BCUT2D eigenvalue weighted by atomic mass is 15.3. The Morgan fingerprint density at radius 3 is 2.71 bits per heavy atom. The number of aromatic nitrogens is 2. The van der Waals surface area contributed by atoms with Crippen molar-refractivity contribution in [2.75, 3.05) is 43.9 Å². The number of nitrogens with zero attached hydrogens (tertiary/aromatic N) is 3. The summed E-state index contributed by atoms with van der Waals surface area (Å²) < 4.78 is 0. The standard InChI is InChI=1S/C16H19N5/c1-20-6-8-21(9-7-20)15-13-10-11-4-2-3-5-12(11)14(13)18-16(17)19-15/h2-5,10H,6-9H2,1H3,(H3,17,18,19). The Morgan fingerprint density at radius 1 is 1.14 bits per heavy atom. The smallest absolute Gasteiger partial charge is 0.199 e. The summed E-state index contributed by atoms with van der Waals surface area (Å²) in [5, 5.41) is 2.43. The third-order valence-corrected chi connectivity index (χ3v) is 4.32. The van der Waals surface area contributed by atoms with E-state index in [9.17, 15) is 0 Å². The highest BCUT2D eigenvalue weighted by Crippen LogP contribution is 2.38. The van der Waals surface area contributed by atoms with Crippen LogP contribution >= 0.6 is 0 Å². The highest BCUT2D eigenvalue weighted by molar-refractivity contribution is 6.03. The molecule has 3 N–H and O–H groups in total. The van der Waals surface area contributed by atoms with Gasteiger partial charge in [-0.3, -0.25) is 0 Å². The van der Waals surface area contributed by atoms with Crippen LogP contribution in [0, 0.1) is 0 Å². The van der Waals surface area contributed by atoms with Gasteiger partial charge >= 0.3 is 0 Å². The topological polar surface area (TPSA) is 61.2 Å². The summed E-state index contributed by atoms with van der Waals surface area (Å²) in [7, 11) is 2.16. The SMILES string of the molecule is CN1CCN(c2nc(N)[nH]c3c4ccccc4cc2-3)CC1. The number of aromatic amines is 1. The van der Waals surface area contributed by atoms with Crippen LogP contribution in [0.25, 0.3) is 22.0 Å². The van der Waals surface area contributed by atoms with Crippen LogP contribution in [0.3, 0.4) is 0 Å². The summed E-state index contributed by atoms with van der Waals surface area (Å²) in [6.07, 6.45) is 0. The number of nitrogen functional groups attached to an aromatic ring is 1. The third-order valence-electron chi connectivity index (χ3n) is 4.32. The first-order valence-corrected chi connectivity index (χ1v) is 7.33. The lowest BCUT2D eigenvalue weighted by Crippen LogP contribution is -2.45. The Bertz CT molecular complexity index is 755. The molecular weight excluding hydrogens is 262 g/mol. The second-order valence-corrected chi connectivity index (χ2v) is 5.76. The van der Waals surface area contributed by atoms with Gasteiger partial charge < -0.3 is 20.5 Å². The van der Waals surface area contributed by atoms with Gasteiger partial charge in [-0.05, 0) is 18.5 Å². The van der Waals surface area contributed by atoms with Gasteiger partial charge in [-0.25, -0.2) is 0 Å². The minimum Gasteiger partial charge on any atom is -0.369 e. The molecule has 0 atom stereocenters. The monoisotopic (exact) mass is 281 g/mol. The number of hydrogen-bond donors (Lipinski definition) is 2. The average molecular weight is 281 g/mol. The Hall–Kier alpha value is -2.27. The van der Waals surface area contributed by atoms with Gasteiger partial charge in [0.25, 0.3) is 0 Å². The lowest BCUT2D eigenvalue weighted by atomic mass is 10.2. The molecule has 1 fully saturated rings. The number of nitrogens with one attached hydrogen (secondary N) is 1. The van der Waals surface area contributed by atoms with Crippen LogP contribution in [0.4, 0.5) is 11.8 Å². The van der Waals surface area contributed by atoms with Crippen molar-refractivity contribution in [2.45, 2.75) is 0 Å². The lowest BCUT2D eigenvalue weighted by Gasteiger charge is -2.34. The van der Waals surface area contributed by atoms with Gasteiger partial charge in [-0.15, -0.1) is 0 Å². The number of H-pyrrole nitrogens is 1. The van der Waals surface area contributed by atoms with Crippen LogP contribution in [0.5, 0.6) is 0 Å². The van der Waals surface area contributed by atoms with E-state index in [4.69, 9.17) is 5.73 Å². The number of hydrogen-bond acceptors (Lipinski definition) is 4. The van der Waals surface area contributed by atoms with E-state index in [1.165, 1.54) is 10.8 Å². The van der Waals surface area contributed by atoms with Crippen molar-refractivity contribution in [1.82, 2.24) is 14.9 Å². The number of anilines is 2. The predicted molar refractivity (Wildman–Crippen MR) is 86.8 cm³/mol. The molecule has 1 aromatic rings. The number of nitrogens with two attached hydrogens (primary N) is 1. The molecule has 21 heavy (non-hydrogen) atoms. The fraction of sp³-hybridized carbons (Fsp3) is 0.312. The first-order valence-electron chi connectivity index (χ1n) is 7.33. The van der Waals surface area contributed by atoms with Crippen molar-refractivity contribution in [3.8, 4) is 11.3 Å². The molecule has 0 spiro atoms. The lowest BCUT2D eigenvalue weighted by molar-refractivity contribution is 0.312. The minimum atomic E-state index is 0.479. The second kappa shape index (κ2) is 4.63. The van der Waals surface area contributed by atoms with Crippen LogP contribution in [0.15, 0.2) is 30.3 Å². The van der Waals surface area contributed by atoms with Crippen LogP contribution in [-0.4, -0.2) is 48.1 Å². The molecule has 1 aliphatic carbocycles. The zero-order valence-corrected chi connectivity index (χ0v) is 12.1. The average Bonchev–Trinajstić information content (AvgIpc) is 2.86. The molecule has 1 saturated heterocycles. The molecule has 4 rings (SSSR count). The molecule has 0 bridgehead atoms. The molecule has 0 unspecified atom stereocenters. The molecule has 0 amide bonds. The first-order chi connectivity index (χ1) is 10.2. The van der Waals surface area contributed by atoms with E-state index >= 15 is 0 Å². The second-order valence-electron chi connectivity index (χ2n) is 5.76. The van der Waals surface area contributed by atoms with E-state index < -0.39 is 0 Å². The normalized spacial score (nSPS) is 16.9. The van der Waals surface area contributed by atoms with Crippen LogP contribution < -0.4 is 10.6 Å². The van der Waals surface area contributed by atoms with E-state index in [1.807, 2.05) is 0 Å². The maximum atomic E-state index is 6.01. The molecular formula is C16H19N5. The molecule has 3 aliphatic rings. The maximum Gasteiger partial charge on any atom is 0.199 e. The van der Waals surface area contributed by atoms with Gasteiger partial charge in [-0.1, -0.05) is 24.3 Å². The fourth-order valence-corrected chi connectivity index (χ4v) is 3.12. The number of likely N-dealkylation sites (N-methyl/N-ethyl adjacent to an activating group) is 1. The summed E-state index contributed by atoms with van der Waals surface area (Å²) in [4.78, 5) is 12.5. The summed E-state index contributed by atoms with van der Waals surface area (Å²) >= 11 is 0. The van der Waals surface area contributed by atoms with E-state index in [0.717, 1.165) is 43.3 Å². The van der Waals surface area contributed by atoms with E-state index in [0.29, 0.717) is 5.95 Å². The van der Waals surface area contributed by atoms with Crippen molar-refractivity contribution < 1.29 is 0 Å². The van der Waals surface area contributed by atoms with Gasteiger partial charge in [0.15, 0.2) is 5.95 Å². The van der Waals surface area contributed by atoms with Crippen molar-refractivity contribution in [2.24, 2.45) is 0 Å². The zero-order chi connectivity index (χ0) is 14.4. The zero-order valence-electron chi connectivity index (χ0n) is 12.1. The predicted octanol–water partition coefficient (Wildman–Crippen LogP) is 2.00. The summed E-state index contributed by atoms with van der Waals surface area (Å²) in [5.41, 5.74) is 8.26. The number of benzene rings is 1. The van der Waals surface area contributed by atoms with Crippen molar-refractivity contribution in [1.29, 1.82) is 0 Å². The fourth-order valence-electron chi connectivity index (χ4n) is 3.12. The van der Waals surface area contributed by atoms with Crippen LogP contribution in [0.2, 0.25) is 0 Å². The van der Waals surface area contributed by atoms with Gasteiger partial charge in [0.1, 0.15) is 5.82 Å². The van der Waals surface area contributed by atoms with Crippen molar-refractivity contribution >= 4 is 22.5 Å². The number of rotatable bonds is 1. The van der Waals surface area contributed by atoms with E-state index in [-0.39, 0.29) is 0 Å². The third kappa shape index (κ3) is 2.01. The summed E-state index contributed by atoms with van der Waals surface area (Å²) in [6, 6.07) is 10.6. The van der Waals surface area contributed by atoms with Gasteiger partial charge in [0.05, 0.1) is 5.69 Å². The summed E-state index contributed by atoms with van der Waals surface area (Å²) in [6.45, 7) is 4.09. The van der Waals surface area contributed by atoms with Gasteiger partial charge in [-0.2, -0.15) is 4.98 Å². The largest absolute Gasteiger partial charge is 0.369 e. The van der Waals surface area contributed by atoms with Crippen molar-refractivity contribution in [3.63, 3.8) is 0 Å². The van der Waals surface area contributed by atoms with Gasteiger partial charge in [0, 0.05) is 37.1 Å². The van der Waals surface area contributed by atoms with Crippen molar-refractivity contribution in [3.05, 3.63) is 30.3 Å². The quantitative estimate of drug-likeness (QED) is 0.716. The molecule has 5 nitrogen and oxygen atoms in total. The van der Waals surface area contributed by atoms with E-state index in [2.05, 4.69) is 57.1 Å². The molecule has 2 aliphatic heterocycles. The highest BCUT2D eigenvalue weighted by Gasteiger charge is 2.23. The number of piperazine rings is 1. The Balaban J connectivity index is 1.87. The first kappa shape index (κ1) is 12.5. The van der Waals surface area contributed by atoms with Crippen LogP contribution in [-0.2, 0) is 0 Å². The summed E-state index contributed by atoms with van der Waals surface area (Å²) in [5.74, 6) is 1.48. The molecule has 108 valence electrons. The Labute approximate surface area is 123 Å². The Morgan fingerprint density at radius 2 is 1.90 bits per heavy atom. The Kier molecular flexibility index (Phi) is 2.75. The molecule has 1 aromatic carbocycles. The number of fused-ring (bicyclic) bond motifs is 3. The molecule has 5 heteroatoms. The van der Waals surface area contributed by atoms with Crippen LogP contribution in [0.1, 0.15) is 0 Å². The molecule has 2 heterocycles. The van der Waals surface area contributed by atoms with E-state index in [1.54, 1.807) is 0 Å². The van der Waals surface area contributed by atoms with Gasteiger partial charge in [0.2, 0.25) is 0 Å².